The number of aromatic nitrogens is 3. The van der Waals surface area contributed by atoms with E-state index in [2.05, 4.69) is 19.9 Å². The van der Waals surface area contributed by atoms with Crippen molar-refractivity contribution in [3.8, 4) is 6.19 Å². The van der Waals surface area contributed by atoms with Crippen molar-refractivity contribution in [2.45, 2.75) is 31.4 Å². The van der Waals surface area contributed by atoms with Crippen LogP contribution in [-0.2, 0) is 0 Å². The first-order valence-corrected chi connectivity index (χ1v) is 8.94. The number of nitriles is 1. The molecule has 1 N–H and O–H groups in total. The zero-order chi connectivity index (χ0) is 19.7. The number of piperidine rings is 1. The highest BCUT2D eigenvalue weighted by Gasteiger charge is 2.34. The van der Waals surface area contributed by atoms with Gasteiger partial charge >= 0.3 is 6.18 Å². The molecule has 0 saturated carbocycles. The monoisotopic (exact) mass is 386 g/mol. The Labute approximate surface area is 158 Å². The van der Waals surface area contributed by atoms with Crippen LogP contribution in [0.25, 0.3) is 21.9 Å². The number of nitrogens with one attached hydrogen (secondary N) is 1. The maximum absolute atomic E-state index is 12.9. The zero-order valence-corrected chi connectivity index (χ0v) is 14.9. The highest BCUT2D eigenvalue weighted by Crippen LogP contribution is 2.35. The van der Waals surface area contributed by atoms with Gasteiger partial charge in [0, 0.05) is 42.2 Å². The van der Waals surface area contributed by atoms with Crippen molar-refractivity contribution in [1.82, 2.24) is 19.9 Å². The lowest BCUT2D eigenvalue weighted by Crippen LogP contribution is -2.41. The number of amidine groups is 1. The van der Waals surface area contributed by atoms with Crippen molar-refractivity contribution in [2.75, 3.05) is 13.1 Å². The number of hydrogen-bond acceptors (Lipinski definition) is 4. The molecule has 1 unspecified atom stereocenters. The summed E-state index contributed by atoms with van der Waals surface area (Å²) in [5.41, 5.74) is 2.54. The van der Waals surface area contributed by atoms with Gasteiger partial charge in [0.2, 0.25) is 6.19 Å². The summed E-state index contributed by atoms with van der Waals surface area (Å²) in [6.45, 7) is 0.840. The number of H-pyrrole nitrogens is 1. The molecule has 9 heteroatoms. The lowest BCUT2D eigenvalue weighted by atomic mass is 9.88. The van der Waals surface area contributed by atoms with Gasteiger partial charge in [-0.1, -0.05) is 0 Å². The summed E-state index contributed by atoms with van der Waals surface area (Å²) in [4.78, 5) is 16.8. The Morgan fingerprint density at radius 2 is 2.21 bits per heavy atom. The fourth-order valence-electron chi connectivity index (χ4n) is 3.95. The fourth-order valence-corrected chi connectivity index (χ4v) is 3.95. The van der Waals surface area contributed by atoms with Crippen LogP contribution in [0.3, 0.4) is 0 Å². The Morgan fingerprint density at radius 1 is 1.36 bits per heavy atom. The molecule has 28 heavy (non-hydrogen) atoms. The van der Waals surface area contributed by atoms with Crippen LogP contribution in [0, 0.1) is 11.5 Å². The Bertz CT molecular complexity index is 1080. The van der Waals surface area contributed by atoms with Crippen LogP contribution in [0.4, 0.5) is 13.2 Å². The second-order valence-electron chi connectivity index (χ2n) is 6.87. The van der Waals surface area contributed by atoms with Crippen LogP contribution < -0.4 is 0 Å². The number of rotatable bonds is 2. The number of halogens is 3. The Kier molecular flexibility index (Phi) is 4.63. The topological polar surface area (TPSA) is 81.0 Å². The SMILES string of the molecule is N#CN=C(CC(F)(F)F)N1CCCC(c2cc[nH]c3cnc4nccc4c23)C1. The molecular formula is C19H17F3N6. The van der Waals surface area contributed by atoms with Crippen molar-refractivity contribution < 1.29 is 13.2 Å². The molecule has 3 aromatic rings. The predicted molar refractivity (Wildman–Crippen MR) is 98.7 cm³/mol. The van der Waals surface area contributed by atoms with Crippen LogP contribution >= 0.6 is 0 Å². The fraction of sp³-hybridized carbons (Fsp3) is 0.368. The summed E-state index contributed by atoms with van der Waals surface area (Å²) >= 11 is 0. The maximum Gasteiger partial charge on any atom is 0.396 e. The van der Waals surface area contributed by atoms with E-state index in [0.717, 1.165) is 34.7 Å². The van der Waals surface area contributed by atoms with E-state index in [-0.39, 0.29) is 11.8 Å². The van der Waals surface area contributed by atoms with Gasteiger partial charge in [0.25, 0.3) is 0 Å². The van der Waals surface area contributed by atoms with Crippen LogP contribution in [0.1, 0.15) is 30.7 Å². The Hall–Kier alpha value is -3.15. The van der Waals surface area contributed by atoms with Crippen molar-refractivity contribution >= 4 is 27.8 Å². The first-order chi connectivity index (χ1) is 13.5. The first-order valence-electron chi connectivity index (χ1n) is 8.94. The van der Waals surface area contributed by atoms with Crippen LogP contribution in [0.15, 0.2) is 35.7 Å². The third-order valence-electron chi connectivity index (χ3n) is 5.09. The average molecular weight is 386 g/mol. The molecule has 1 aliphatic rings. The minimum Gasteiger partial charge on any atom is -0.360 e. The molecule has 3 aromatic heterocycles. The summed E-state index contributed by atoms with van der Waals surface area (Å²) in [7, 11) is 0. The molecule has 1 aliphatic heterocycles. The number of aromatic amines is 1. The molecule has 1 saturated heterocycles. The third-order valence-corrected chi connectivity index (χ3v) is 5.09. The van der Waals surface area contributed by atoms with E-state index in [4.69, 9.17) is 5.26 Å². The summed E-state index contributed by atoms with van der Waals surface area (Å²) in [5, 5.41) is 10.7. The van der Waals surface area contributed by atoms with E-state index < -0.39 is 12.6 Å². The summed E-state index contributed by atoms with van der Waals surface area (Å²) in [6.07, 6.45) is 2.72. The van der Waals surface area contributed by atoms with Gasteiger partial charge in [0.05, 0.1) is 11.7 Å². The number of nitrogens with zero attached hydrogens (tertiary/aromatic N) is 5. The van der Waals surface area contributed by atoms with Crippen molar-refractivity contribution in [2.24, 2.45) is 4.99 Å². The normalized spacial score (nSPS) is 18.6. The van der Waals surface area contributed by atoms with Crippen LogP contribution in [-0.4, -0.2) is 45.0 Å². The van der Waals surface area contributed by atoms with Gasteiger partial charge in [0.1, 0.15) is 12.3 Å². The maximum atomic E-state index is 12.9. The molecule has 0 bridgehead atoms. The molecular weight excluding hydrogens is 369 g/mol. The van der Waals surface area contributed by atoms with E-state index in [1.54, 1.807) is 17.3 Å². The minimum atomic E-state index is -4.41. The largest absolute Gasteiger partial charge is 0.396 e. The quantitative estimate of drug-likeness (QED) is 0.408. The van der Waals surface area contributed by atoms with E-state index >= 15 is 0 Å². The molecule has 144 valence electrons. The number of likely N-dealkylation sites (tertiary alicyclic amines) is 1. The van der Waals surface area contributed by atoms with Gasteiger partial charge in [0.15, 0.2) is 5.65 Å². The lowest BCUT2D eigenvalue weighted by Gasteiger charge is -2.35. The molecule has 1 atom stereocenters. The standard InChI is InChI=1S/C19H17F3N6/c20-19(21,22)8-16(27-11-23)28-7-1-2-12(10-28)13-3-5-24-15-9-26-18-14(17(13)15)4-6-25-18/h3-6,9,12,24H,1-2,7-8,10H2. The molecule has 4 rings (SSSR count). The van der Waals surface area contributed by atoms with Crippen molar-refractivity contribution in [3.05, 3.63) is 36.3 Å². The van der Waals surface area contributed by atoms with E-state index in [1.165, 1.54) is 6.19 Å². The third kappa shape index (κ3) is 3.50. The smallest absolute Gasteiger partial charge is 0.360 e. The molecule has 0 amide bonds. The number of aliphatic imine (C=N–C) groups is 1. The van der Waals surface area contributed by atoms with Gasteiger partial charge in [-0.3, -0.25) is 0 Å². The van der Waals surface area contributed by atoms with Gasteiger partial charge in [-0.2, -0.15) is 23.4 Å². The summed E-state index contributed by atoms with van der Waals surface area (Å²) < 4.78 is 38.7. The lowest BCUT2D eigenvalue weighted by molar-refractivity contribution is -0.122. The predicted octanol–water partition coefficient (Wildman–Crippen LogP) is 4.12. The Balaban J connectivity index is 1.71. The minimum absolute atomic E-state index is 0.0171. The number of alkyl halides is 3. The molecule has 0 aliphatic carbocycles. The highest BCUT2D eigenvalue weighted by molar-refractivity contribution is 6.05. The summed E-state index contributed by atoms with van der Waals surface area (Å²) in [5.74, 6) is -0.197. The Morgan fingerprint density at radius 3 is 3.00 bits per heavy atom. The number of pyridine rings is 2. The molecule has 0 aromatic carbocycles. The first kappa shape index (κ1) is 18.2. The van der Waals surface area contributed by atoms with Crippen LogP contribution in [0.2, 0.25) is 0 Å². The summed E-state index contributed by atoms with van der Waals surface area (Å²) in [6, 6.07) is 3.86. The van der Waals surface area contributed by atoms with Crippen molar-refractivity contribution in [3.63, 3.8) is 0 Å². The van der Waals surface area contributed by atoms with Gasteiger partial charge in [-0.25, -0.2) is 9.97 Å². The molecule has 0 radical (unpaired) electrons. The second kappa shape index (κ2) is 7.11. The van der Waals surface area contributed by atoms with Gasteiger partial charge in [-0.15, -0.1) is 0 Å². The van der Waals surface area contributed by atoms with E-state index in [0.29, 0.717) is 18.7 Å². The average Bonchev–Trinajstić information content (AvgIpc) is 3.15. The zero-order valence-electron chi connectivity index (χ0n) is 14.9. The van der Waals surface area contributed by atoms with Gasteiger partial charge < -0.3 is 9.88 Å². The van der Waals surface area contributed by atoms with Crippen molar-refractivity contribution in [1.29, 1.82) is 5.26 Å². The highest BCUT2D eigenvalue weighted by atomic mass is 19.4. The number of fused-ring (bicyclic) bond motifs is 3. The molecule has 0 spiro atoms. The van der Waals surface area contributed by atoms with E-state index in [9.17, 15) is 13.2 Å². The van der Waals surface area contributed by atoms with E-state index in [1.807, 2.05) is 18.3 Å². The van der Waals surface area contributed by atoms with Crippen LogP contribution in [0.5, 0.6) is 0 Å². The number of hydrogen-bond donors (Lipinski definition) is 1. The van der Waals surface area contributed by atoms with Gasteiger partial charge in [-0.05, 0) is 30.5 Å². The molecule has 4 heterocycles. The molecule has 6 nitrogen and oxygen atoms in total. The molecule has 1 fully saturated rings. The second-order valence-corrected chi connectivity index (χ2v) is 6.87.